The Morgan fingerprint density at radius 3 is 2.82 bits per heavy atom. The summed E-state index contributed by atoms with van der Waals surface area (Å²) < 4.78 is 11.4. The summed E-state index contributed by atoms with van der Waals surface area (Å²) >= 11 is 0. The van der Waals surface area contributed by atoms with E-state index in [0.717, 1.165) is 25.9 Å². The largest absolute Gasteiger partial charge is 0.347 e. The highest BCUT2D eigenvalue weighted by Crippen LogP contribution is 2.32. The molecule has 1 aromatic rings. The Bertz CT molecular complexity index is 547. The van der Waals surface area contributed by atoms with Crippen LogP contribution in [0.3, 0.4) is 0 Å². The average molecular weight is 304 g/mol. The minimum Gasteiger partial charge on any atom is -0.347 e. The number of hydrogen-bond acceptors (Lipinski definition) is 6. The molecular formula is C15H20N4O3. The number of hydrogen-bond donors (Lipinski definition) is 1. The number of nitrogens with zero attached hydrogens (tertiary/aromatic N) is 3. The molecule has 2 fully saturated rings. The first-order chi connectivity index (χ1) is 10.7. The van der Waals surface area contributed by atoms with E-state index in [9.17, 15) is 4.79 Å². The van der Waals surface area contributed by atoms with Crippen LogP contribution in [0, 0.1) is 0 Å². The second-order valence-corrected chi connectivity index (χ2v) is 5.34. The van der Waals surface area contributed by atoms with Gasteiger partial charge >= 0.3 is 0 Å². The first-order valence-electron chi connectivity index (χ1n) is 7.47. The molecule has 2 saturated heterocycles. The molecule has 0 saturated carbocycles. The number of amides is 1. The lowest BCUT2D eigenvalue weighted by Gasteiger charge is -2.37. The lowest BCUT2D eigenvalue weighted by atomic mass is 10.0. The molecule has 22 heavy (non-hydrogen) atoms. The maximum Gasteiger partial charge on any atom is 0.270 e. The molecule has 1 aromatic heterocycles. The summed E-state index contributed by atoms with van der Waals surface area (Å²) in [5.74, 6) is -0.0753. The van der Waals surface area contributed by atoms with Crippen molar-refractivity contribution in [3.05, 3.63) is 30.6 Å². The summed E-state index contributed by atoms with van der Waals surface area (Å²) in [6.45, 7) is 6.81. The summed E-state index contributed by atoms with van der Waals surface area (Å²) in [4.78, 5) is 22.6. The molecule has 0 unspecified atom stereocenters. The van der Waals surface area contributed by atoms with E-state index >= 15 is 0 Å². The van der Waals surface area contributed by atoms with Crippen molar-refractivity contribution in [2.24, 2.45) is 0 Å². The van der Waals surface area contributed by atoms with Crippen LogP contribution in [-0.4, -0.2) is 54.5 Å². The van der Waals surface area contributed by atoms with Crippen molar-refractivity contribution in [2.75, 3.05) is 37.7 Å². The van der Waals surface area contributed by atoms with Gasteiger partial charge in [-0.05, 0) is 6.07 Å². The summed E-state index contributed by atoms with van der Waals surface area (Å²) in [6.07, 6.45) is 4.80. The van der Waals surface area contributed by atoms with Gasteiger partial charge in [-0.3, -0.25) is 4.79 Å². The van der Waals surface area contributed by atoms with E-state index < -0.39 is 5.79 Å². The maximum absolute atomic E-state index is 11.9. The van der Waals surface area contributed by atoms with Gasteiger partial charge < -0.3 is 19.7 Å². The fraction of sp³-hybridized carbons (Fsp3) is 0.533. The van der Waals surface area contributed by atoms with Gasteiger partial charge in [-0.2, -0.15) is 0 Å². The van der Waals surface area contributed by atoms with Crippen LogP contribution in [0.1, 0.15) is 23.3 Å². The Hall–Kier alpha value is -1.99. The van der Waals surface area contributed by atoms with Gasteiger partial charge in [0.1, 0.15) is 5.69 Å². The minimum atomic E-state index is -0.421. The number of nitrogens with one attached hydrogen (secondary N) is 1. The highest BCUT2D eigenvalue weighted by molar-refractivity contribution is 5.92. The van der Waals surface area contributed by atoms with Crippen molar-refractivity contribution in [3.63, 3.8) is 0 Å². The van der Waals surface area contributed by atoms with Crippen molar-refractivity contribution in [1.82, 2.24) is 15.3 Å². The second kappa shape index (κ2) is 6.41. The zero-order chi connectivity index (χ0) is 15.4. The predicted molar refractivity (Wildman–Crippen MR) is 80.6 cm³/mol. The Balaban J connectivity index is 1.65. The van der Waals surface area contributed by atoms with Crippen molar-refractivity contribution >= 4 is 11.9 Å². The zero-order valence-electron chi connectivity index (χ0n) is 12.5. The van der Waals surface area contributed by atoms with E-state index in [-0.39, 0.29) is 5.91 Å². The van der Waals surface area contributed by atoms with E-state index in [1.165, 1.54) is 0 Å². The molecule has 118 valence electrons. The molecule has 7 heteroatoms. The van der Waals surface area contributed by atoms with Crippen LogP contribution in [0.4, 0.5) is 5.95 Å². The number of carbonyl (C=O) groups excluding carboxylic acids is 1. The SMILES string of the molecule is C=CCNC(=O)c1ccnc(N2CCC3(CC2)OCCO3)n1. The van der Waals surface area contributed by atoms with Crippen molar-refractivity contribution < 1.29 is 14.3 Å². The molecule has 0 atom stereocenters. The van der Waals surface area contributed by atoms with Gasteiger partial charge in [0.05, 0.1) is 13.2 Å². The normalized spacial score (nSPS) is 20.1. The maximum atomic E-state index is 11.9. The topological polar surface area (TPSA) is 76.6 Å². The van der Waals surface area contributed by atoms with Crippen LogP contribution < -0.4 is 10.2 Å². The molecule has 7 nitrogen and oxygen atoms in total. The highest BCUT2D eigenvalue weighted by Gasteiger charge is 2.40. The lowest BCUT2D eigenvalue weighted by molar-refractivity contribution is -0.169. The lowest BCUT2D eigenvalue weighted by Crippen LogP contribution is -2.45. The molecule has 1 amide bonds. The fourth-order valence-corrected chi connectivity index (χ4v) is 2.72. The van der Waals surface area contributed by atoms with Gasteiger partial charge in [-0.1, -0.05) is 6.08 Å². The van der Waals surface area contributed by atoms with Crippen molar-refractivity contribution in [1.29, 1.82) is 0 Å². The number of anilines is 1. The average Bonchev–Trinajstić information content (AvgIpc) is 3.01. The first kappa shape index (κ1) is 14.9. The Morgan fingerprint density at radius 1 is 1.41 bits per heavy atom. The number of rotatable bonds is 4. The number of piperidine rings is 1. The van der Waals surface area contributed by atoms with Crippen LogP contribution in [0.25, 0.3) is 0 Å². The fourth-order valence-electron chi connectivity index (χ4n) is 2.72. The van der Waals surface area contributed by atoms with E-state index in [1.807, 2.05) is 0 Å². The number of carbonyl (C=O) groups is 1. The van der Waals surface area contributed by atoms with Gasteiger partial charge in [-0.25, -0.2) is 9.97 Å². The van der Waals surface area contributed by atoms with Crippen LogP contribution >= 0.6 is 0 Å². The van der Waals surface area contributed by atoms with Crippen molar-refractivity contribution in [2.45, 2.75) is 18.6 Å². The Labute approximate surface area is 129 Å². The van der Waals surface area contributed by atoms with Gasteiger partial charge in [0, 0.05) is 38.7 Å². The summed E-state index contributed by atoms with van der Waals surface area (Å²) in [5, 5.41) is 2.71. The third kappa shape index (κ3) is 3.10. The molecule has 1 N–H and O–H groups in total. The summed E-state index contributed by atoms with van der Waals surface area (Å²) in [5.41, 5.74) is 0.362. The standard InChI is InChI=1S/C15H20N4O3/c1-2-6-16-13(20)12-3-7-17-14(18-12)19-8-4-15(5-9-19)21-10-11-22-15/h2-3,7H,1,4-6,8-11H2,(H,16,20). The summed E-state index contributed by atoms with van der Waals surface area (Å²) in [7, 11) is 0. The quantitative estimate of drug-likeness (QED) is 0.827. The van der Waals surface area contributed by atoms with E-state index in [4.69, 9.17) is 9.47 Å². The summed E-state index contributed by atoms with van der Waals surface area (Å²) in [6, 6.07) is 1.61. The molecular weight excluding hydrogens is 284 g/mol. The third-order valence-electron chi connectivity index (χ3n) is 3.90. The molecule has 0 radical (unpaired) electrons. The third-order valence-corrected chi connectivity index (χ3v) is 3.90. The molecule has 0 aromatic carbocycles. The highest BCUT2D eigenvalue weighted by atomic mass is 16.7. The molecule has 0 aliphatic carbocycles. The smallest absolute Gasteiger partial charge is 0.270 e. The second-order valence-electron chi connectivity index (χ2n) is 5.34. The minimum absolute atomic E-state index is 0.223. The van der Waals surface area contributed by atoms with Crippen LogP contribution in [0.15, 0.2) is 24.9 Å². The van der Waals surface area contributed by atoms with Crippen LogP contribution in [-0.2, 0) is 9.47 Å². The molecule has 2 aliphatic rings. The predicted octanol–water partition coefficient (Wildman–Crippen LogP) is 0.736. The molecule has 1 spiro atoms. The molecule has 0 bridgehead atoms. The van der Waals surface area contributed by atoms with Crippen LogP contribution in [0.5, 0.6) is 0 Å². The Kier molecular flexibility index (Phi) is 4.35. The van der Waals surface area contributed by atoms with E-state index in [1.54, 1.807) is 18.3 Å². The van der Waals surface area contributed by atoms with Gasteiger partial charge in [0.2, 0.25) is 5.95 Å². The van der Waals surface area contributed by atoms with Gasteiger partial charge in [-0.15, -0.1) is 6.58 Å². The van der Waals surface area contributed by atoms with Crippen molar-refractivity contribution in [3.8, 4) is 0 Å². The first-order valence-corrected chi connectivity index (χ1v) is 7.47. The molecule has 2 aliphatic heterocycles. The number of ether oxygens (including phenoxy) is 2. The molecule has 3 heterocycles. The zero-order valence-corrected chi connectivity index (χ0v) is 12.5. The van der Waals surface area contributed by atoms with E-state index in [2.05, 4.69) is 26.8 Å². The monoisotopic (exact) mass is 304 g/mol. The number of aromatic nitrogens is 2. The van der Waals surface area contributed by atoms with Gasteiger partial charge in [0.25, 0.3) is 5.91 Å². The van der Waals surface area contributed by atoms with Crippen LogP contribution in [0.2, 0.25) is 0 Å². The van der Waals surface area contributed by atoms with Gasteiger partial charge in [0.15, 0.2) is 5.79 Å². The molecule has 3 rings (SSSR count). The Morgan fingerprint density at radius 2 is 2.14 bits per heavy atom. The van der Waals surface area contributed by atoms with E-state index in [0.29, 0.717) is 31.4 Å².